The fourth-order valence-corrected chi connectivity index (χ4v) is 2.90. The number of fused-ring (bicyclic) bond motifs is 1. The van der Waals surface area contributed by atoms with Crippen molar-refractivity contribution in [3.05, 3.63) is 65.0 Å². The molecule has 0 radical (unpaired) electrons. The zero-order valence-electron chi connectivity index (χ0n) is 12.4. The molecule has 0 aromatic heterocycles. The van der Waals surface area contributed by atoms with Gasteiger partial charge in [-0.05, 0) is 54.8 Å². The van der Waals surface area contributed by atoms with E-state index in [4.69, 9.17) is 0 Å². The molecule has 110 valence electrons. The lowest BCUT2D eigenvalue weighted by Gasteiger charge is -2.21. The Morgan fingerprint density at radius 1 is 1.05 bits per heavy atom. The molecular formula is C18H21FN2. The fourth-order valence-electron chi connectivity index (χ4n) is 2.90. The van der Waals surface area contributed by atoms with Gasteiger partial charge in [-0.25, -0.2) is 4.39 Å². The fraction of sp³-hybridized carbons (Fsp3) is 0.333. The van der Waals surface area contributed by atoms with Crippen LogP contribution in [0.1, 0.15) is 23.1 Å². The summed E-state index contributed by atoms with van der Waals surface area (Å²) in [5, 5.41) is 3.44. The third-order valence-corrected chi connectivity index (χ3v) is 3.93. The maximum absolute atomic E-state index is 12.9. The van der Waals surface area contributed by atoms with Crippen molar-refractivity contribution in [3.8, 4) is 0 Å². The zero-order valence-corrected chi connectivity index (χ0v) is 12.4. The predicted molar refractivity (Wildman–Crippen MR) is 84.8 cm³/mol. The smallest absolute Gasteiger partial charge is 0.123 e. The molecule has 1 N–H and O–H groups in total. The van der Waals surface area contributed by atoms with Crippen LogP contribution in [0.15, 0.2) is 42.5 Å². The van der Waals surface area contributed by atoms with Gasteiger partial charge in [0.15, 0.2) is 0 Å². The van der Waals surface area contributed by atoms with Crippen molar-refractivity contribution in [2.24, 2.45) is 0 Å². The molecule has 3 heteroatoms. The molecule has 1 heterocycles. The highest BCUT2D eigenvalue weighted by Crippen LogP contribution is 2.23. The van der Waals surface area contributed by atoms with Crippen LogP contribution in [-0.4, -0.2) is 18.5 Å². The average molecular weight is 284 g/mol. The van der Waals surface area contributed by atoms with Gasteiger partial charge in [0.2, 0.25) is 0 Å². The molecule has 0 amide bonds. The van der Waals surface area contributed by atoms with E-state index in [0.29, 0.717) is 0 Å². The van der Waals surface area contributed by atoms with Gasteiger partial charge in [0, 0.05) is 25.3 Å². The summed E-state index contributed by atoms with van der Waals surface area (Å²) in [4.78, 5) is 2.26. The molecule has 0 spiro atoms. The topological polar surface area (TPSA) is 15.3 Å². The first-order valence-electron chi connectivity index (χ1n) is 7.49. The molecule has 0 atom stereocenters. The van der Waals surface area contributed by atoms with Gasteiger partial charge in [-0.15, -0.1) is 0 Å². The van der Waals surface area contributed by atoms with Crippen LogP contribution < -0.4 is 5.32 Å². The third kappa shape index (κ3) is 3.61. The summed E-state index contributed by atoms with van der Waals surface area (Å²) in [5.74, 6) is -0.177. The van der Waals surface area contributed by atoms with E-state index in [-0.39, 0.29) is 5.82 Å². The Labute approximate surface area is 125 Å². The van der Waals surface area contributed by atoms with E-state index in [2.05, 4.69) is 35.5 Å². The van der Waals surface area contributed by atoms with Crippen molar-refractivity contribution in [2.45, 2.75) is 25.9 Å². The van der Waals surface area contributed by atoms with Crippen LogP contribution in [0.3, 0.4) is 0 Å². The van der Waals surface area contributed by atoms with Crippen LogP contribution >= 0.6 is 0 Å². The SMILES string of the molecule is CN(Cc1ccc(F)cc1)Cc1ccc2c(c1)CCCN2. The maximum Gasteiger partial charge on any atom is 0.123 e. The molecular weight excluding hydrogens is 263 g/mol. The first-order valence-corrected chi connectivity index (χ1v) is 7.49. The van der Waals surface area contributed by atoms with E-state index in [1.54, 1.807) is 0 Å². The second-order valence-electron chi connectivity index (χ2n) is 5.82. The summed E-state index contributed by atoms with van der Waals surface area (Å²) in [6.45, 7) is 2.82. The highest BCUT2D eigenvalue weighted by Gasteiger charge is 2.09. The standard InChI is InChI=1S/C18H21FN2/c1-21(12-14-4-7-17(19)8-5-14)13-15-6-9-18-16(11-15)3-2-10-20-18/h4-9,11,20H,2-3,10,12-13H2,1H3. The average Bonchev–Trinajstić information content (AvgIpc) is 2.49. The van der Waals surface area contributed by atoms with Crippen LogP contribution in [0.25, 0.3) is 0 Å². The monoisotopic (exact) mass is 284 g/mol. The molecule has 3 rings (SSSR count). The second kappa shape index (κ2) is 6.27. The molecule has 2 aromatic rings. The number of rotatable bonds is 4. The molecule has 1 aliphatic heterocycles. The third-order valence-electron chi connectivity index (χ3n) is 3.93. The Morgan fingerprint density at radius 2 is 1.76 bits per heavy atom. The van der Waals surface area contributed by atoms with Crippen LogP contribution in [0.2, 0.25) is 0 Å². The summed E-state index contributed by atoms with van der Waals surface area (Å²) < 4.78 is 12.9. The van der Waals surface area contributed by atoms with E-state index >= 15 is 0 Å². The molecule has 2 aromatic carbocycles. The van der Waals surface area contributed by atoms with Crippen molar-refractivity contribution in [3.63, 3.8) is 0 Å². The van der Waals surface area contributed by atoms with E-state index in [1.165, 1.54) is 35.4 Å². The number of nitrogens with zero attached hydrogens (tertiary/aromatic N) is 1. The first kappa shape index (κ1) is 14.1. The number of halogens is 1. The summed E-state index contributed by atoms with van der Waals surface area (Å²) in [6.07, 6.45) is 2.37. The minimum atomic E-state index is -0.177. The Kier molecular flexibility index (Phi) is 4.20. The number of benzene rings is 2. The van der Waals surface area contributed by atoms with Gasteiger partial charge in [-0.3, -0.25) is 4.90 Å². The number of nitrogens with one attached hydrogen (secondary N) is 1. The Hall–Kier alpha value is -1.87. The molecule has 0 bridgehead atoms. The van der Waals surface area contributed by atoms with Gasteiger partial charge < -0.3 is 5.32 Å². The summed E-state index contributed by atoms with van der Waals surface area (Å²) in [5.41, 5.74) is 5.18. The lowest BCUT2D eigenvalue weighted by molar-refractivity contribution is 0.319. The Bertz CT molecular complexity index is 607. The van der Waals surface area contributed by atoms with Gasteiger partial charge in [-0.1, -0.05) is 24.3 Å². The molecule has 21 heavy (non-hydrogen) atoms. The summed E-state index contributed by atoms with van der Waals surface area (Å²) in [6, 6.07) is 13.4. The highest BCUT2D eigenvalue weighted by atomic mass is 19.1. The zero-order chi connectivity index (χ0) is 14.7. The van der Waals surface area contributed by atoms with Crippen molar-refractivity contribution in [1.29, 1.82) is 0 Å². The normalized spacial score (nSPS) is 13.9. The van der Waals surface area contributed by atoms with E-state index in [1.807, 2.05) is 12.1 Å². The first-order chi connectivity index (χ1) is 10.2. The minimum absolute atomic E-state index is 0.177. The summed E-state index contributed by atoms with van der Waals surface area (Å²) in [7, 11) is 2.10. The maximum atomic E-state index is 12.9. The number of aryl methyl sites for hydroxylation is 1. The number of anilines is 1. The number of hydrogen-bond acceptors (Lipinski definition) is 2. The van der Waals surface area contributed by atoms with Gasteiger partial charge in [-0.2, -0.15) is 0 Å². The molecule has 0 fully saturated rings. The molecule has 0 saturated carbocycles. The van der Waals surface area contributed by atoms with Crippen molar-refractivity contribution in [2.75, 3.05) is 18.9 Å². The van der Waals surface area contributed by atoms with E-state index < -0.39 is 0 Å². The lowest BCUT2D eigenvalue weighted by atomic mass is 10.0. The van der Waals surface area contributed by atoms with Gasteiger partial charge in [0.05, 0.1) is 0 Å². The van der Waals surface area contributed by atoms with Crippen molar-refractivity contribution >= 4 is 5.69 Å². The summed E-state index contributed by atoms with van der Waals surface area (Å²) >= 11 is 0. The largest absolute Gasteiger partial charge is 0.385 e. The van der Waals surface area contributed by atoms with Crippen LogP contribution in [0.4, 0.5) is 10.1 Å². The van der Waals surface area contributed by atoms with Crippen molar-refractivity contribution < 1.29 is 4.39 Å². The van der Waals surface area contributed by atoms with Crippen LogP contribution in [-0.2, 0) is 19.5 Å². The van der Waals surface area contributed by atoms with E-state index in [9.17, 15) is 4.39 Å². The van der Waals surface area contributed by atoms with Crippen LogP contribution in [0, 0.1) is 5.82 Å². The second-order valence-corrected chi connectivity index (χ2v) is 5.82. The lowest BCUT2D eigenvalue weighted by Crippen LogP contribution is -2.18. The minimum Gasteiger partial charge on any atom is -0.385 e. The van der Waals surface area contributed by atoms with E-state index in [0.717, 1.165) is 31.6 Å². The Morgan fingerprint density at radius 3 is 2.57 bits per heavy atom. The molecule has 0 saturated heterocycles. The molecule has 0 aliphatic carbocycles. The molecule has 0 unspecified atom stereocenters. The molecule has 1 aliphatic rings. The predicted octanol–water partition coefficient (Wildman–Crippen LogP) is 3.82. The highest BCUT2D eigenvalue weighted by molar-refractivity contribution is 5.54. The number of hydrogen-bond donors (Lipinski definition) is 1. The molecule has 2 nitrogen and oxygen atoms in total. The quantitative estimate of drug-likeness (QED) is 0.918. The van der Waals surface area contributed by atoms with Gasteiger partial charge in [0.25, 0.3) is 0 Å². The van der Waals surface area contributed by atoms with Gasteiger partial charge in [0.1, 0.15) is 5.82 Å². The Balaban J connectivity index is 1.64. The van der Waals surface area contributed by atoms with Gasteiger partial charge >= 0.3 is 0 Å². The van der Waals surface area contributed by atoms with Crippen molar-refractivity contribution in [1.82, 2.24) is 4.90 Å². The van der Waals surface area contributed by atoms with Crippen LogP contribution in [0.5, 0.6) is 0 Å².